The number of Topliss-reactive ketones (excluding diaryl/α,β-unsaturated/α-hetero) is 3. The van der Waals surface area contributed by atoms with Crippen LogP contribution in [0.4, 0.5) is 0 Å². The Morgan fingerprint density at radius 3 is 2.29 bits per heavy atom. The van der Waals surface area contributed by atoms with E-state index in [-0.39, 0.29) is 61.2 Å². The monoisotopic (exact) mass is 868 g/mol. The number of piperidine rings is 1. The molecule has 348 valence electrons. The third kappa shape index (κ3) is 14.1. The molecule has 4 aliphatic rings. The van der Waals surface area contributed by atoms with E-state index in [1.165, 1.54) is 4.90 Å². The quantitative estimate of drug-likeness (QED) is 0.159. The number of methoxy groups -OCH3 is 2. The van der Waals surface area contributed by atoms with Crippen LogP contribution in [-0.2, 0) is 42.9 Å². The summed E-state index contributed by atoms with van der Waals surface area (Å²) in [7, 11) is 3.31. The van der Waals surface area contributed by atoms with E-state index in [2.05, 4.69) is 0 Å². The molecule has 0 aromatic carbocycles. The predicted octanol–water partition coefficient (Wildman–Crippen LogP) is 7.58. The lowest BCUT2D eigenvalue weighted by molar-refractivity contribution is -0.265. The van der Waals surface area contributed by atoms with Crippen LogP contribution in [-0.4, -0.2) is 107 Å². The molecule has 0 aromatic heterocycles. The van der Waals surface area contributed by atoms with Crippen LogP contribution in [0.25, 0.3) is 0 Å². The molecule has 1 saturated carbocycles. The van der Waals surface area contributed by atoms with E-state index in [1.807, 2.05) is 58.1 Å². The molecule has 0 aromatic rings. The number of aliphatic hydroxyl groups excluding tert-OH is 1. The Morgan fingerprint density at radius 1 is 0.839 bits per heavy atom. The van der Waals surface area contributed by atoms with Crippen LogP contribution < -0.4 is 0 Å². The summed E-state index contributed by atoms with van der Waals surface area (Å²) in [6.45, 7) is 13.1. The number of aliphatic hydroxyl groups is 2. The van der Waals surface area contributed by atoms with Gasteiger partial charge in [0.2, 0.25) is 5.79 Å². The molecule has 2 bridgehead atoms. The lowest BCUT2D eigenvalue weighted by atomic mass is 9.79. The summed E-state index contributed by atoms with van der Waals surface area (Å²) in [6.07, 6.45) is 16.5. The fourth-order valence-electron chi connectivity index (χ4n) is 9.78. The van der Waals surface area contributed by atoms with E-state index in [9.17, 15) is 34.2 Å². The Bertz CT molecular complexity index is 1670. The summed E-state index contributed by atoms with van der Waals surface area (Å²) in [6, 6.07) is -1.09. The molecule has 2 N–H and O–H groups in total. The zero-order valence-electron chi connectivity index (χ0n) is 39.0. The van der Waals surface area contributed by atoms with Crippen molar-refractivity contribution < 1.29 is 53.1 Å². The van der Waals surface area contributed by atoms with Crippen molar-refractivity contribution in [2.24, 2.45) is 35.5 Å². The van der Waals surface area contributed by atoms with E-state index in [1.54, 1.807) is 41.1 Å². The summed E-state index contributed by atoms with van der Waals surface area (Å²) in [5.41, 5.74) is 1.42. The van der Waals surface area contributed by atoms with Crippen molar-refractivity contribution in [2.45, 2.75) is 181 Å². The number of nitrogens with zero attached hydrogens (tertiary/aromatic N) is 1. The number of ether oxygens (including phenoxy) is 4. The predicted molar refractivity (Wildman–Crippen MR) is 238 cm³/mol. The number of amides is 1. The van der Waals surface area contributed by atoms with Crippen LogP contribution in [0.2, 0.25) is 0 Å². The zero-order valence-corrected chi connectivity index (χ0v) is 39.0. The Kier molecular flexibility index (Phi) is 20.0. The number of hydrogen-bond acceptors (Lipinski definition) is 11. The maximum atomic E-state index is 14.3. The van der Waals surface area contributed by atoms with Gasteiger partial charge in [0, 0.05) is 57.8 Å². The number of allylic oxidation sites excluding steroid dienone is 6. The summed E-state index contributed by atoms with van der Waals surface area (Å²) < 4.78 is 23.9. The van der Waals surface area contributed by atoms with Gasteiger partial charge in [0.15, 0.2) is 0 Å². The molecule has 13 atom stereocenters. The minimum atomic E-state index is -2.40. The summed E-state index contributed by atoms with van der Waals surface area (Å²) in [5, 5.41) is 23.0. The Balaban J connectivity index is 1.66. The molecular formula is C50H77NO11. The second-order valence-corrected chi connectivity index (χ2v) is 19.1. The van der Waals surface area contributed by atoms with Gasteiger partial charge in [0.05, 0.1) is 24.4 Å². The molecular weight excluding hydrogens is 791 g/mol. The largest absolute Gasteiger partial charge is 0.460 e. The van der Waals surface area contributed by atoms with Crippen molar-refractivity contribution in [1.82, 2.24) is 4.90 Å². The first-order valence-corrected chi connectivity index (χ1v) is 23.3. The Hall–Kier alpha value is -3.29. The normalized spacial score (nSPS) is 39.4. The highest BCUT2D eigenvalue weighted by Gasteiger charge is 2.53. The third-order valence-electron chi connectivity index (χ3n) is 14.1. The van der Waals surface area contributed by atoms with Crippen LogP contribution in [0, 0.1) is 35.5 Å². The fourth-order valence-corrected chi connectivity index (χ4v) is 9.78. The van der Waals surface area contributed by atoms with E-state index in [0.717, 1.165) is 31.3 Å². The molecule has 1 amide bonds. The van der Waals surface area contributed by atoms with Gasteiger partial charge in [-0.15, -0.1) is 0 Å². The molecule has 0 radical (unpaired) electrons. The lowest BCUT2D eigenvalue weighted by Gasteiger charge is -2.42. The molecule has 12 heteroatoms. The average molecular weight is 868 g/mol. The van der Waals surface area contributed by atoms with Gasteiger partial charge in [-0.2, -0.15) is 0 Å². The van der Waals surface area contributed by atoms with Crippen molar-refractivity contribution in [3.8, 4) is 0 Å². The fraction of sp³-hybridized carbons (Fsp3) is 0.740. The molecule has 3 heterocycles. The maximum Gasteiger partial charge on any atom is 0.329 e. The first kappa shape index (κ1) is 51.3. The van der Waals surface area contributed by atoms with E-state index in [0.29, 0.717) is 56.4 Å². The minimum absolute atomic E-state index is 0.0563. The van der Waals surface area contributed by atoms with E-state index >= 15 is 0 Å². The minimum Gasteiger partial charge on any atom is -0.460 e. The van der Waals surface area contributed by atoms with Crippen LogP contribution >= 0.6 is 0 Å². The van der Waals surface area contributed by atoms with Gasteiger partial charge < -0.3 is 34.1 Å². The summed E-state index contributed by atoms with van der Waals surface area (Å²) in [5.74, 6) is -6.85. The standard InChI is InChI=1S/C50H77NO11/c1-31-16-11-10-12-17-32(2)45(60-9)28-40-22-21-37(7)50(58,62-40)47(55)48(56)51-23-14-13-20-41(51)49(57)61-46(36(6)26-38-18-15-19-39(27-38)59-8)30-44(54)35(5)25-34(4)43(53)29-42(52)33(3)24-31/h10-12,16-17,25,31,33,35-41,43,45-46,53,58H,13-15,18-24,26-30H2,1-9H3/b12-10+,16-11-,32-17+,34-25+/t31-,33-,35-,36-,37-,38?,39+,40+,41+,43+,45+,46+,50-/m1/s1. The molecule has 3 fully saturated rings. The van der Waals surface area contributed by atoms with Crippen LogP contribution in [0.5, 0.6) is 0 Å². The van der Waals surface area contributed by atoms with Gasteiger partial charge in [0.1, 0.15) is 23.7 Å². The molecule has 2 saturated heterocycles. The molecule has 12 nitrogen and oxygen atoms in total. The highest BCUT2D eigenvalue weighted by molar-refractivity contribution is 6.39. The maximum absolute atomic E-state index is 14.3. The highest BCUT2D eigenvalue weighted by Crippen LogP contribution is 2.37. The first-order chi connectivity index (χ1) is 29.4. The van der Waals surface area contributed by atoms with Crippen LogP contribution in [0.1, 0.15) is 138 Å². The number of esters is 1. The van der Waals surface area contributed by atoms with Crippen molar-refractivity contribution >= 4 is 29.2 Å². The van der Waals surface area contributed by atoms with Crippen LogP contribution in [0.3, 0.4) is 0 Å². The number of carbonyl (C=O) groups excluding carboxylic acids is 5. The van der Waals surface area contributed by atoms with Crippen LogP contribution in [0.15, 0.2) is 47.6 Å². The van der Waals surface area contributed by atoms with Gasteiger partial charge in [-0.25, -0.2) is 4.79 Å². The van der Waals surface area contributed by atoms with Crippen molar-refractivity contribution in [1.29, 1.82) is 0 Å². The smallest absolute Gasteiger partial charge is 0.329 e. The Morgan fingerprint density at radius 2 is 1.58 bits per heavy atom. The number of rotatable bonds is 5. The first-order valence-electron chi connectivity index (χ1n) is 23.3. The number of hydrogen-bond donors (Lipinski definition) is 2. The highest BCUT2D eigenvalue weighted by atomic mass is 16.6. The molecule has 62 heavy (non-hydrogen) atoms. The van der Waals surface area contributed by atoms with Gasteiger partial charge in [-0.1, -0.05) is 83.9 Å². The van der Waals surface area contributed by atoms with Gasteiger partial charge >= 0.3 is 5.97 Å². The third-order valence-corrected chi connectivity index (χ3v) is 14.1. The molecule has 1 unspecified atom stereocenters. The number of ketones is 3. The van der Waals surface area contributed by atoms with Gasteiger partial charge in [-0.3, -0.25) is 19.2 Å². The average Bonchev–Trinajstić information content (AvgIpc) is 3.25. The molecule has 0 spiro atoms. The second kappa shape index (κ2) is 24.1. The summed E-state index contributed by atoms with van der Waals surface area (Å²) in [4.78, 5) is 71.1. The number of cyclic esters (lactones) is 1. The number of fused-ring (bicyclic) bond motifs is 3. The van der Waals surface area contributed by atoms with Gasteiger partial charge in [0.25, 0.3) is 11.7 Å². The van der Waals surface area contributed by atoms with E-state index < -0.39 is 65.7 Å². The SMILES string of the molecule is CO[C@H]1CCCC(C[C@@H](C)[C@@H]2CC(=O)[C@H](C)/C=C(\C)[C@@H](O)CC(=O)[C@H](C)C[C@H](C)\C=C/C=C/C=C(\C)[C@@H](OC)C[C@@H]3CC[C@@H](C)[C@@](O)(O3)C(=O)C(=O)N3CCCC[C@H]3C(=O)O2)C1. The molecule has 1 aliphatic carbocycles. The lowest BCUT2D eigenvalue weighted by Crippen LogP contribution is -2.61. The van der Waals surface area contributed by atoms with Crippen molar-refractivity contribution in [3.05, 3.63) is 47.6 Å². The van der Waals surface area contributed by atoms with Crippen molar-refractivity contribution in [3.63, 3.8) is 0 Å². The number of carbonyl (C=O) groups is 5. The Labute approximate surface area is 370 Å². The zero-order chi connectivity index (χ0) is 45.7. The topological polar surface area (TPSA) is 166 Å². The van der Waals surface area contributed by atoms with E-state index in [4.69, 9.17) is 18.9 Å². The molecule has 4 rings (SSSR count). The van der Waals surface area contributed by atoms with Crippen molar-refractivity contribution in [2.75, 3.05) is 20.8 Å². The van der Waals surface area contributed by atoms with Gasteiger partial charge in [-0.05, 0) is 101 Å². The molecule has 3 aliphatic heterocycles. The summed E-state index contributed by atoms with van der Waals surface area (Å²) >= 11 is 0. The second-order valence-electron chi connectivity index (χ2n) is 19.1.